The number of nitrogens with one attached hydrogen (secondary N) is 2. The molecule has 0 aliphatic heterocycles. The summed E-state index contributed by atoms with van der Waals surface area (Å²) in [7, 11) is 1.32. The standard InChI is InChI=1S/C28H28N4O5S/c1-28(2,3)37-27(35)29-16-17-8-7-10-19(14-17)23-20-12-13-38-26(20)32-24(31-23)25(34)30-21-11-6-5-9-18(21)15-22(33)36-4/h5-14H,15-16H2,1-4H3,(H,29,35)(H,30,34). The SMILES string of the molecule is COC(=O)Cc1ccccc1NC(=O)c1nc(-c2cccc(CNC(=O)OC(C)(C)C)c2)c2ccsc2n1. The van der Waals surface area contributed by atoms with Crippen molar-refractivity contribution in [3.8, 4) is 11.3 Å². The van der Waals surface area contributed by atoms with Gasteiger partial charge in [0.25, 0.3) is 5.91 Å². The molecule has 0 aliphatic rings. The molecule has 0 radical (unpaired) electrons. The minimum atomic E-state index is -0.589. The van der Waals surface area contributed by atoms with Gasteiger partial charge in [-0.25, -0.2) is 14.8 Å². The van der Waals surface area contributed by atoms with E-state index >= 15 is 0 Å². The maximum atomic E-state index is 13.2. The van der Waals surface area contributed by atoms with Crippen molar-refractivity contribution in [3.63, 3.8) is 0 Å². The lowest BCUT2D eigenvalue weighted by Gasteiger charge is -2.19. The van der Waals surface area contributed by atoms with E-state index in [2.05, 4.69) is 20.6 Å². The van der Waals surface area contributed by atoms with Gasteiger partial charge in [0.1, 0.15) is 10.4 Å². The van der Waals surface area contributed by atoms with E-state index < -0.39 is 23.6 Å². The van der Waals surface area contributed by atoms with Crippen LogP contribution in [0.25, 0.3) is 21.5 Å². The Morgan fingerprint density at radius 1 is 1.00 bits per heavy atom. The number of aromatic nitrogens is 2. The molecule has 2 aromatic heterocycles. The number of methoxy groups -OCH3 is 1. The summed E-state index contributed by atoms with van der Waals surface area (Å²) >= 11 is 1.41. The Hall–Kier alpha value is -4.31. The van der Waals surface area contributed by atoms with Crippen LogP contribution in [0.1, 0.15) is 42.5 Å². The van der Waals surface area contributed by atoms with E-state index in [-0.39, 0.29) is 18.8 Å². The molecule has 0 bridgehead atoms. The average molecular weight is 533 g/mol. The highest BCUT2D eigenvalue weighted by molar-refractivity contribution is 7.16. The van der Waals surface area contributed by atoms with Crippen molar-refractivity contribution in [1.82, 2.24) is 15.3 Å². The number of nitrogens with zero attached hydrogens (tertiary/aromatic N) is 2. The third kappa shape index (κ3) is 6.71. The van der Waals surface area contributed by atoms with Crippen LogP contribution in [-0.4, -0.2) is 40.6 Å². The normalized spacial score (nSPS) is 11.2. The Bertz CT molecular complexity index is 1490. The maximum absolute atomic E-state index is 13.2. The van der Waals surface area contributed by atoms with Crippen LogP contribution in [-0.2, 0) is 27.2 Å². The number of benzene rings is 2. The van der Waals surface area contributed by atoms with Crippen molar-refractivity contribution in [1.29, 1.82) is 0 Å². The molecule has 196 valence electrons. The third-order valence-electron chi connectivity index (χ3n) is 5.39. The van der Waals surface area contributed by atoms with Crippen molar-refractivity contribution in [3.05, 3.63) is 76.9 Å². The first-order chi connectivity index (χ1) is 18.1. The first-order valence-corrected chi connectivity index (χ1v) is 12.8. The fourth-order valence-electron chi connectivity index (χ4n) is 3.70. The molecule has 0 atom stereocenters. The first-order valence-electron chi connectivity index (χ1n) is 11.9. The Morgan fingerprint density at radius 3 is 2.55 bits per heavy atom. The van der Waals surface area contributed by atoms with Gasteiger partial charge in [0, 0.05) is 23.2 Å². The summed E-state index contributed by atoms with van der Waals surface area (Å²) in [6.45, 7) is 5.69. The zero-order valence-corrected chi connectivity index (χ0v) is 22.3. The fourth-order valence-corrected chi connectivity index (χ4v) is 4.46. The van der Waals surface area contributed by atoms with Crippen molar-refractivity contribution < 1.29 is 23.9 Å². The van der Waals surface area contributed by atoms with Crippen molar-refractivity contribution >= 4 is 45.2 Å². The van der Waals surface area contributed by atoms with Crippen LogP contribution >= 0.6 is 11.3 Å². The molecular weight excluding hydrogens is 504 g/mol. The summed E-state index contributed by atoms with van der Waals surface area (Å²) in [5.74, 6) is -0.909. The maximum Gasteiger partial charge on any atom is 0.407 e. The molecule has 2 N–H and O–H groups in total. The Labute approximate surface area is 224 Å². The quantitative estimate of drug-likeness (QED) is 0.308. The largest absolute Gasteiger partial charge is 0.469 e. The van der Waals surface area contributed by atoms with Gasteiger partial charge in [-0.1, -0.05) is 36.4 Å². The van der Waals surface area contributed by atoms with Crippen LogP contribution in [0, 0.1) is 0 Å². The number of fused-ring (bicyclic) bond motifs is 1. The topological polar surface area (TPSA) is 120 Å². The molecule has 2 aromatic carbocycles. The number of alkyl carbamates (subject to hydrolysis) is 1. The smallest absolute Gasteiger partial charge is 0.407 e. The van der Waals surface area contributed by atoms with E-state index in [1.165, 1.54) is 18.4 Å². The Kier molecular flexibility index (Phi) is 8.02. The van der Waals surface area contributed by atoms with Gasteiger partial charge >= 0.3 is 12.1 Å². The second kappa shape index (κ2) is 11.4. The summed E-state index contributed by atoms with van der Waals surface area (Å²) < 4.78 is 10.1. The number of hydrogen-bond acceptors (Lipinski definition) is 8. The summed E-state index contributed by atoms with van der Waals surface area (Å²) in [5, 5.41) is 8.29. The summed E-state index contributed by atoms with van der Waals surface area (Å²) in [6.07, 6.45) is -0.482. The van der Waals surface area contributed by atoms with E-state index in [0.29, 0.717) is 21.8 Å². The first kappa shape index (κ1) is 26.7. The molecule has 0 spiro atoms. The van der Waals surface area contributed by atoms with Crippen molar-refractivity contribution in [2.75, 3.05) is 12.4 Å². The molecule has 9 nitrogen and oxygen atoms in total. The lowest BCUT2D eigenvalue weighted by Crippen LogP contribution is -2.32. The monoisotopic (exact) mass is 532 g/mol. The molecule has 38 heavy (non-hydrogen) atoms. The van der Waals surface area contributed by atoms with E-state index in [1.54, 1.807) is 45.0 Å². The summed E-state index contributed by atoms with van der Waals surface area (Å²) in [6, 6.07) is 16.5. The van der Waals surface area contributed by atoms with Crippen LogP contribution in [0.2, 0.25) is 0 Å². The number of para-hydroxylation sites is 1. The predicted molar refractivity (Wildman–Crippen MR) is 146 cm³/mol. The molecule has 0 unspecified atom stereocenters. The van der Waals surface area contributed by atoms with Crippen molar-refractivity contribution in [2.45, 2.75) is 39.3 Å². The van der Waals surface area contributed by atoms with Crippen LogP contribution in [0.5, 0.6) is 0 Å². The number of carbonyl (C=O) groups excluding carboxylic acids is 3. The van der Waals surface area contributed by atoms with Crippen LogP contribution in [0.15, 0.2) is 60.0 Å². The second-order valence-electron chi connectivity index (χ2n) is 9.46. The molecule has 0 fully saturated rings. The van der Waals surface area contributed by atoms with Gasteiger partial charge in [0.2, 0.25) is 5.82 Å². The molecule has 4 aromatic rings. The lowest BCUT2D eigenvalue weighted by atomic mass is 10.1. The molecule has 2 heterocycles. The third-order valence-corrected chi connectivity index (χ3v) is 6.20. The number of thiophene rings is 1. The zero-order valence-electron chi connectivity index (χ0n) is 21.5. The average Bonchev–Trinajstić information content (AvgIpc) is 3.36. The van der Waals surface area contributed by atoms with E-state index in [0.717, 1.165) is 16.5 Å². The van der Waals surface area contributed by atoms with Gasteiger partial charge < -0.3 is 20.1 Å². The lowest BCUT2D eigenvalue weighted by molar-refractivity contribution is -0.139. The van der Waals surface area contributed by atoms with Crippen LogP contribution in [0.3, 0.4) is 0 Å². The molecule has 2 amide bonds. The van der Waals surface area contributed by atoms with Gasteiger partial charge in [-0.2, -0.15) is 0 Å². The minimum absolute atomic E-state index is 0.0000964. The number of amides is 2. The molecular formula is C28H28N4O5S. The Balaban J connectivity index is 1.60. The van der Waals surface area contributed by atoms with E-state index in [4.69, 9.17) is 9.47 Å². The molecule has 0 saturated heterocycles. The fraction of sp³-hybridized carbons (Fsp3) is 0.250. The Morgan fingerprint density at radius 2 is 1.79 bits per heavy atom. The predicted octanol–water partition coefficient (Wildman–Crippen LogP) is 5.35. The van der Waals surface area contributed by atoms with Gasteiger partial charge in [0.15, 0.2) is 0 Å². The molecule has 4 rings (SSSR count). The highest BCUT2D eigenvalue weighted by Gasteiger charge is 2.19. The van der Waals surface area contributed by atoms with Gasteiger partial charge in [-0.3, -0.25) is 9.59 Å². The molecule has 10 heteroatoms. The van der Waals surface area contributed by atoms with Gasteiger partial charge in [0.05, 0.1) is 19.2 Å². The zero-order chi connectivity index (χ0) is 27.3. The van der Waals surface area contributed by atoms with Crippen molar-refractivity contribution in [2.24, 2.45) is 0 Å². The van der Waals surface area contributed by atoms with Crippen LogP contribution in [0.4, 0.5) is 10.5 Å². The highest BCUT2D eigenvalue weighted by atomic mass is 32.1. The number of esters is 1. The van der Waals surface area contributed by atoms with E-state index in [9.17, 15) is 14.4 Å². The number of carbonyl (C=O) groups is 3. The highest BCUT2D eigenvalue weighted by Crippen LogP contribution is 2.30. The number of hydrogen-bond donors (Lipinski definition) is 2. The molecule has 0 saturated carbocycles. The minimum Gasteiger partial charge on any atom is -0.469 e. The van der Waals surface area contributed by atoms with E-state index in [1.807, 2.05) is 35.7 Å². The number of ether oxygens (including phenoxy) is 2. The van der Waals surface area contributed by atoms with Gasteiger partial charge in [-0.05, 0) is 55.5 Å². The number of rotatable bonds is 7. The summed E-state index contributed by atoms with van der Waals surface area (Å²) in [4.78, 5) is 46.8. The number of anilines is 1. The second-order valence-corrected chi connectivity index (χ2v) is 10.3. The van der Waals surface area contributed by atoms with Crippen LogP contribution < -0.4 is 10.6 Å². The summed E-state index contributed by atoms with van der Waals surface area (Å²) in [5.41, 5.74) is 2.74. The molecule has 0 aliphatic carbocycles. The van der Waals surface area contributed by atoms with Gasteiger partial charge in [-0.15, -0.1) is 11.3 Å².